The Kier molecular flexibility index (Phi) is 41.4. The quantitative estimate of drug-likeness (QED) is 0.0377. The molecule has 20 nitrogen and oxygen atoms in total. The maximum Gasteiger partial charge on any atom is 0.386 e. The Morgan fingerprint density at radius 3 is 1.11 bits per heavy atom. The number of ether oxygens (including phenoxy) is 4. The van der Waals surface area contributed by atoms with Crippen LogP contribution in [-0.2, 0) is 23.8 Å². The molecule has 1 aliphatic carbocycles. The van der Waals surface area contributed by atoms with Crippen LogP contribution in [0.3, 0.4) is 0 Å². The van der Waals surface area contributed by atoms with E-state index < -0.39 is 47.8 Å². The van der Waals surface area contributed by atoms with Crippen molar-refractivity contribution in [2.24, 2.45) is 34.6 Å². The molecular weight excluding hydrogens is 1180 g/mol. The summed E-state index contributed by atoms with van der Waals surface area (Å²) in [5.41, 5.74) is 32.5. The Bertz CT molecular complexity index is 3230. The molecule has 0 radical (unpaired) electrons. The number of hydrogen-bond donors (Lipinski definition) is 6. The van der Waals surface area contributed by atoms with Gasteiger partial charge in [0, 0.05) is 47.7 Å². The monoisotopic (exact) mass is 1270 g/mol. The number of hydrogen-bond acceptors (Lipinski definition) is 14. The number of para-hydroxylation sites is 1. The number of alkyl halides is 3. The Morgan fingerprint density at radius 2 is 0.824 bits per heavy atom. The van der Waals surface area contributed by atoms with Crippen molar-refractivity contribution in [1.82, 2.24) is 0 Å². The highest BCUT2D eigenvalue weighted by Crippen LogP contribution is 2.23. The van der Waals surface area contributed by atoms with E-state index in [1.54, 1.807) is 120 Å². The summed E-state index contributed by atoms with van der Waals surface area (Å²) in [6, 6.07) is 36.6. The number of rotatable bonds is 12. The first kappa shape index (κ1) is 85.0. The van der Waals surface area contributed by atoms with Gasteiger partial charge in [0.05, 0.1) is 42.6 Å². The Hall–Kier alpha value is -10.2. The molecule has 6 aromatic rings. The molecule has 0 aliphatic heterocycles. The Balaban J connectivity index is -0.00000101. The third-order valence-corrected chi connectivity index (χ3v) is 11.7. The zero-order chi connectivity index (χ0) is 68.1. The van der Waals surface area contributed by atoms with Crippen molar-refractivity contribution < 1.29 is 80.1 Å². The summed E-state index contributed by atoms with van der Waals surface area (Å²) in [5, 5.41) is 2.70. The molecule has 1 aliphatic rings. The number of primary amides is 5. The van der Waals surface area contributed by atoms with Crippen LogP contribution in [0.1, 0.15) is 194 Å². The van der Waals surface area contributed by atoms with Crippen LogP contribution in [0, 0.1) is 33.6 Å². The van der Waals surface area contributed by atoms with E-state index in [0.717, 1.165) is 18.4 Å². The van der Waals surface area contributed by atoms with Crippen molar-refractivity contribution in [3.8, 4) is 5.75 Å². The van der Waals surface area contributed by atoms with Crippen molar-refractivity contribution in [1.29, 1.82) is 0 Å². The molecule has 6 amide bonds. The van der Waals surface area contributed by atoms with Crippen LogP contribution in [0.5, 0.6) is 5.75 Å². The number of nitrogens with one attached hydrogen (secondary N) is 1. The van der Waals surface area contributed by atoms with Gasteiger partial charge in [0.25, 0.3) is 0 Å². The Labute approximate surface area is 531 Å². The van der Waals surface area contributed by atoms with Gasteiger partial charge in [-0.05, 0) is 174 Å². The van der Waals surface area contributed by atoms with Gasteiger partial charge in [-0.15, -0.1) is 0 Å². The molecule has 11 N–H and O–H groups in total. The predicted octanol–water partition coefficient (Wildman–Crippen LogP) is 12.3. The second kappa shape index (κ2) is 44.3. The van der Waals surface area contributed by atoms with Crippen LogP contribution >= 0.6 is 0 Å². The van der Waals surface area contributed by atoms with E-state index in [2.05, 4.69) is 14.8 Å². The normalized spacial score (nSPS) is 10.7. The van der Waals surface area contributed by atoms with Crippen LogP contribution in [0.4, 0.5) is 18.9 Å². The van der Waals surface area contributed by atoms with Gasteiger partial charge >= 0.3 is 30.1 Å². The third kappa shape index (κ3) is 34.8. The van der Waals surface area contributed by atoms with Crippen LogP contribution < -0.4 is 38.7 Å². The van der Waals surface area contributed by atoms with E-state index in [1.165, 1.54) is 76.8 Å². The predicted molar refractivity (Wildman–Crippen MR) is 346 cm³/mol. The molecule has 91 heavy (non-hydrogen) atoms. The van der Waals surface area contributed by atoms with Crippen molar-refractivity contribution in [2.75, 3.05) is 19.5 Å². The fourth-order valence-electron chi connectivity index (χ4n) is 7.48. The highest BCUT2D eigenvalue weighted by atomic mass is 19.4. The highest BCUT2D eigenvalue weighted by molar-refractivity contribution is 5.99. The van der Waals surface area contributed by atoms with E-state index in [9.17, 15) is 61.1 Å². The van der Waals surface area contributed by atoms with Crippen molar-refractivity contribution in [2.45, 2.75) is 128 Å². The molecule has 496 valence electrons. The number of halogens is 3. The van der Waals surface area contributed by atoms with E-state index in [-0.39, 0.29) is 51.5 Å². The second-order valence-corrected chi connectivity index (χ2v) is 19.3. The van der Waals surface area contributed by atoms with Gasteiger partial charge in [-0.25, -0.2) is 19.2 Å². The average Bonchev–Trinajstić information content (AvgIpc) is 2.22. The van der Waals surface area contributed by atoms with Gasteiger partial charge < -0.3 is 52.9 Å². The van der Waals surface area contributed by atoms with E-state index >= 15 is 0 Å². The number of carbonyl (C=O) groups excluding carboxylic acids is 10. The third-order valence-electron chi connectivity index (χ3n) is 11.7. The fourth-order valence-corrected chi connectivity index (χ4v) is 7.48. The molecule has 7 rings (SSSR count). The first-order valence-corrected chi connectivity index (χ1v) is 27.7. The molecule has 0 heterocycles. The average molecular weight is 1270 g/mol. The fraction of sp³-hybridized carbons (Fsp3) is 0.324. The van der Waals surface area contributed by atoms with Gasteiger partial charge in [-0.2, -0.15) is 13.2 Å². The number of methoxy groups -OCH3 is 2. The standard InChI is InChI=1S/C16H15NO3.C12H15NO3.2C10H11NO3.C7H13NO.C7H7NO.C2H3F3.C2H6.2CH4/c1-11-10-13(8-9-15(11)17-12(2)18)16(19)20-14-6-4-3-5-7-14;1-7(2)16-12(15)9-4-5-10(11(13)14)8(3)6-9;2*1-6-5-7(10(13)14-2)3-4-8(6)9(11)12;2*8-7(9)6-4-2-1-3-5-6;1-2(3,4)5;1-2;;/h3-10H,1-2H3,(H,17,18);4-7H,1-3H3,(H2,13,14);2*3-5H,1-2H3,(H2,11,12);6H,1-5H2,(H2,8,9);1-5H,(H2,8,9);1H3;1-2H3;2*1H4. The lowest BCUT2D eigenvalue weighted by Gasteiger charge is -2.17. The SMILES string of the molecule is C.C.CC.CC(=O)Nc1ccc(C(=O)Oc2ccccc2)cc1C.CC(F)(F)F.COC(=O)c1ccc(C(N)=O)c(C)c1.COC(=O)c1ccc(C(N)=O)c(C)c1.Cc1cc(C(=O)OC(C)C)ccc1C(N)=O.NC(=O)C1CCCCC1.NC(=O)c1ccccc1. The number of anilines is 1. The van der Waals surface area contributed by atoms with Crippen molar-refractivity contribution in [3.63, 3.8) is 0 Å². The molecule has 0 bridgehead atoms. The van der Waals surface area contributed by atoms with E-state index in [0.29, 0.717) is 72.6 Å². The molecule has 6 aromatic carbocycles. The topological polar surface area (TPSA) is 350 Å². The lowest BCUT2D eigenvalue weighted by molar-refractivity contribution is -0.122. The maximum absolute atomic E-state index is 12.0. The number of aryl methyl sites for hydroxylation is 4. The summed E-state index contributed by atoms with van der Waals surface area (Å²) in [5.74, 6) is -3.10. The smallest absolute Gasteiger partial charge is 0.386 e. The van der Waals surface area contributed by atoms with Gasteiger partial charge in [0.2, 0.25) is 35.4 Å². The Morgan fingerprint density at radius 1 is 0.484 bits per heavy atom. The van der Waals surface area contributed by atoms with Gasteiger partial charge in [0.1, 0.15) is 5.75 Å². The van der Waals surface area contributed by atoms with Gasteiger partial charge in [-0.3, -0.25) is 28.8 Å². The zero-order valence-corrected chi connectivity index (χ0v) is 52.1. The first-order valence-electron chi connectivity index (χ1n) is 27.7. The van der Waals surface area contributed by atoms with E-state index in [4.69, 9.17) is 38.1 Å². The number of amides is 6. The minimum Gasteiger partial charge on any atom is -0.465 e. The van der Waals surface area contributed by atoms with Crippen molar-refractivity contribution in [3.05, 3.63) is 200 Å². The summed E-state index contributed by atoms with van der Waals surface area (Å²) in [7, 11) is 2.61. The zero-order valence-electron chi connectivity index (χ0n) is 52.1. The minimum absolute atomic E-state index is 0. The van der Waals surface area contributed by atoms with Crippen molar-refractivity contribution >= 4 is 65.0 Å². The lowest BCUT2D eigenvalue weighted by Crippen LogP contribution is -2.24. The minimum atomic E-state index is -4.00. The molecule has 0 saturated heterocycles. The van der Waals surface area contributed by atoms with Crippen LogP contribution in [0.25, 0.3) is 0 Å². The number of nitrogens with two attached hydrogens (primary N) is 5. The summed E-state index contributed by atoms with van der Waals surface area (Å²) < 4.78 is 50.4. The molecule has 23 heteroatoms. The van der Waals surface area contributed by atoms with Crippen LogP contribution in [0.15, 0.2) is 133 Å². The van der Waals surface area contributed by atoms with Gasteiger partial charge in [-0.1, -0.05) is 84.4 Å². The number of carbonyl (C=O) groups is 10. The molecular formula is C68H89F3N6O14. The largest absolute Gasteiger partial charge is 0.465 e. The summed E-state index contributed by atoms with van der Waals surface area (Å²) in [4.78, 5) is 111. The van der Waals surface area contributed by atoms with E-state index in [1.807, 2.05) is 32.9 Å². The molecule has 1 fully saturated rings. The summed E-state index contributed by atoms with van der Waals surface area (Å²) in [6.07, 6.45) is 1.54. The molecule has 1 saturated carbocycles. The molecule has 0 spiro atoms. The summed E-state index contributed by atoms with van der Waals surface area (Å²) in [6.45, 7) is 16.2. The molecule has 0 aromatic heterocycles. The highest BCUT2D eigenvalue weighted by Gasteiger charge is 2.19. The van der Waals surface area contributed by atoms with Crippen LogP contribution in [-0.4, -0.2) is 85.8 Å². The maximum atomic E-state index is 12.0. The number of benzene rings is 6. The van der Waals surface area contributed by atoms with Gasteiger partial charge in [0.15, 0.2) is 0 Å². The summed E-state index contributed by atoms with van der Waals surface area (Å²) >= 11 is 0. The lowest BCUT2D eigenvalue weighted by atomic mass is 9.89. The second-order valence-electron chi connectivity index (χ2n) is 19.3. The number of esters is 4. The van der Waals surface area contributed by atoms with Crippen LogP contribution in [0.2, 0.25) is 0 Å². The molecule has 0 unspecified atom stereocenters. The molecule has 0 atom stereocenters. The first-order chi connectivity index (χ1) is 41.7.